The van der Waals surface area contributed by atoms with E-state index in [1.807, 2.05) is 6.07 Å². The van der Waals surface area contributed by atoms with Crippen LogP contribution in [0.3, 0.4) is 0 Å². The molecule has 192 valence electrons. The lowest BCUT2D eigenvalue weighted by Crippen LogP contribution is -2.30. The molecule has 1 amide bonds. The lowest BCUT2D eigenvalue weighted by molar-refractivity contribution is 0.102. The SMILES string of the molecule is CN1CCCNCCCOc2ccccc2NC(=O)c2nc(cnc2N)-c2ccc(cc2)S1(=O)=O.Cl. The maximum absolute atomic E-state index is 13.0. The Balaban J connectivity index is 0.00000361. The highest BCUT2D eigenvalue weighted by molar-refractivity contribution is 7.89. The van der Waals surface area contributed by atoms with Gasteiger partial charge in [0.2, 0.25) is 10.0 Å². The van der Waals surface area contributed by atoms with Gasteiger partial charge in [-0.2, -0.15) is 0 Å². The molecule has 0 saturated carbocycles. The minimum absolute atomic E-state index is 0. The van der Waals surface area contributed by atoms with Crippen LogP contribution < -0.4 is 21.1 Å². The van der Waals surface area contributed by atoms with Crippen molar-refractivity contribution in [1.82, 2.24) is 19.6 Å². The largest absolute Gasteiger partial charge is 0.491 e. The maximum atomic E-state index is 13.0. The van der Waals surface area contributed by atoms with Crippen LogP contribution in [0.25, 0.3) is 11.3 Å². The first-order valence-electron chi connectivity index (χ1n) is 11.3. The number of hydrogen-bond acceptors (Lipinski definition) is 8. The minimum Gasteiger partial charge on any atom is -0.491 e. The van der Waals surface area contributed by atoms with Gasteiger partial charge in [0.25, 0.3) is 5.91 Å². The molecule has 1 aromatic heterocycles. The number of nitrogens with one attached hydrogen (secondary N) is 2. The molecule has 4 N–H and O–H groups in total. The van der Waals surface area contributed by atoms with Gasteiger partial charge in [-0.25, -0.2) is 22.7 Å². The van der Waals surface area contributed by atoms with E-state index >= 15 is 0 Å². The summed E-state index contributed by atoms with van der Waals surface area (Å²) in [6.07, 6.45) is 2.86. The number of ether oxygens (including phenoxy) is 1. The Morgan fingerprint density at radius 3 is 2.56 bits per heavy atom. The molecule has 36 heavy (non-hydrogen) atoms. The molecular formula is C24H29ClN6O4S. The summed E-state index contributed by atoms with van der Waals surface area (Å²) in [6, 6.07) is 13.5. The van der Waals surface area contributed by atoms with Gasteiger partial charge in [-0.05, 0) is 50.2 Å². The number of carbonyl (C=O) groups is 1. The van der Waals surface area contributed by atoms with E-state index < -0.39 is 15.9 Å². The van der Waals surface area contributed by atoms with Crippen LogP contribution in [0.5, 0.6) is 5.75 Å². The highest BCUT2D eigenvalue weighted by Crippen LogP contribution is 2.26. The lowest BCUT2D eigenvalue weighted by atomic mass is 10.1. The third-order valence-electron chi connectivity index (χ3n) is 5.59. The summed E-state index contributed by atoms with van der Waals surface area (Å²) in [7, 11) is -2.06. The second kappa shape index (κ2) is 12.1. The molecule has 0 spiro atoms. The fraction of sp³-hybridized carbons (Fsp3) is 0.292. The zero-order valence-electron chi connectivity index (χ0n) is 19.8. The van der Waals surface area contributed by atoms with Crippen molar-refractivity contribution < 1.29 is 17.9 Å². The van der Waals surface area contributed by atoms with Crippen LogP contribution in [0, 0.1) is 0 Å². The average molecular weight is 533 g/mol. The summed E-state index contributed by atoms with van der Waals surface area (Å²) in [5, 5.41) is 6.10. The number of anilines is 2. The average Bonchev–Trinajstić information content (AvgIpc) is 2.86. The Labute approximate surface area is 216 Å². The fourth-order valence-electron chi connectivity index (χ4n) is 3.61. The molecular weight excluding hydrogens is 504 g/mol. The van der Waals surface area contributed by atoms with E-state index in [9.17, 15) is 13.2 Å². The molecule has 0 aliphatic carbocycles. The zero-order chi connectivity index (χ0) is 24.8. The number of nitrogen functional groups attached to an aromatic ring is 1. The summed E-state index contributed by atoms with van der Waals surface area (Å²) in [6.45, 7) is 2.23. The Morgan fingerprint density at radius 1 is 1.06 bits per heavy atom. The molecule has 2 aromatic carbocycles. The van der Waals surface area contributed by atoms with Gasteiger partial charge in [0.15, 0.2) is 11.5 Å². The van der Waals surface area contributed by atoms with Crippen LogP contribution in [0.2, 0.25) is 0 Å². The normalized spacial score (nSPS) is 17.0. The number of para-hydroxylation sites is 2. The first kappa shape index (κ1) is 27.3. The Kier molecular flexibility index (Phi) is 9.21. The molecule has 0 fully saturated rings. The van der Waals surface area contributed by atoms with Gasteiger partial charge >= 0.3 is 0 Å². The van der Waals surface area contributed by atoms with Gasteiger partial charge in [-0.3, -0.25) is 4.79 Å². The summed E-state index contributed by atoms with van der Waals surface area (Å²) < 4.78 is 33.1. The van der Waals surface area contributed by atoms with Gasteiger partial charge in [-0.15, -0.1) is 12.4 Å². The highest BCUT2D eigenvalue weighted by atomic mass is 35.5. The predicted octanol–water partition coefficient (Wildman–Crippen LogP) is 2.78. The number of nitrogens with two attached hydrogens (primary N) is 1. The summed E-state index contributed by atoms with van der Waals surface area (Å²) in [5.41, 5.74) is 7.41. The number of rotatable bonds is 0. The summed E-state index contributed by atoms with van der Waals surface area (Å²) >= 11 is 0. The second-order valence-corrected chi connectivity index (χ2v) is 10.1. The van der Waals surface area contributed by atoms with E-state index in [2.05, 4.69) is 20.6 Å². The van der Waals surface area contributed by atoms with E-state index in [4.69, 9.17) is 10.5 Å². The Bertz CT molecular complexity index is 1300. The number of hydrogen-bond donors (Lipinski definition) is 3. The van der Waals surface area contributed by atoms with Crippen LogP contribution >= 0.6 is 12.4 Å². The third kappa shape index (κ3) is 6.30. The van der Waals surface area contributed by atoms with Crippen molar-refractivity contribution in [3.63, 3.8) is 0 Å². The van der Waals surface area contributed by atoms with Crippen molar-refractivity contribution in [1.29, 1.82) is 0 Å². The van der Waals surface area contributed by atoms with E-state index in [1.165, 1.54) is 22.6 Å². The number of carbonyl (C=O) groups excluding carboxylic acids is 1. The van der Waals surface area contributed by atoms with Crippen molar-refractivity contribution in [2.45, 2.75) is 17.7 Å². The lowest BCUT2D eigenvalue weighted by Gasteiger charge is -2.17. The predicted molar refractivity (Wildman–Crippen MR) is 141 cm³/mol. The van der Waals surface area contributed by atoms with E-state index in [0.717, 1.165) is 6.42 Å². The van der Waals surface area contributed by atoms with Crippen LogP contribution in [-0.2, 0) is 10.0 Å². The van der Waals surface area contributed by atoms with Gasteiger partial charge in [0.05, 0.1) is 29.1 Å². The second-order valence-electron chi connectivity index (χ2n) is 8.10. The smallest absolute Gasteiger partial charge is 0.278 e. The number of nitrogens with zero attached hydrogens (tertiary/aromatic N) is 3. The number of aromatic nitrogens is 2. The van der Waals surface area contributed by atoms with Crippen LogP contribution in [0.1, 0.15) is 23.3 Å². The van der Waals surface area contributed by atoms with Crippen LogP contribution in [-0.4, -0.2) is 61.9 Å². The number of benzene rings is 2. The summed E-state index contributed by atoms with van der Waals surface area (Å²) in [5.74, 6) is -0.00642. The van der Waals surface area contributed by atoms with Gasteiger partial charge in [0.1, 0.15) is 5.75 Å². The molecule has 2 aliphatic rings. The quantitative estimate of drug-likeness (QED) is 0.401. The molecule has 10 nitrogen and oxygen atoms in total. The topological polar surface area (TPSA) is 140 Å². The fourth-order valence-corrected chi connectivity index (χ4v) is 4.82. The van der Waals surface area contributed by atoms with Crippen molar-refractivity contribution >= 4 is 39.8 Å². The molecule has 0 atom stereocenters. The highest BCUT2D eigenvalue weighted by Gasteiger charge is 2.21. The first-order chi connectivity index (χ1) is 16.9. The minimum atomic E-state index is -3.63. The van der Waals surface area contributed by atoms with E-state index in [-0.39, 0.29) is 28.8 Å². The van der Waals surface area contributed by atoms with Crippen LogP contribution in [0.15, 0.2) is 59.6 Å². The summed E-state index contributed by atoms with van der Waals surface area (Å²) in [4.78, 5) is 21.7. The Hall–Kier alpha value is -3.25. The number of fused-ring (bicyclic) bond motifs is 12. The molecule has 4 bridgehead atoms. The molecule has 3 aromatic rings. The molecule has 0 saturated heterocycles. The molecule has 12 heteroatoms. The molecule has 2 aliphatic heterocycles. The van der Waals surface area contributed by atoms with Gasteiger partial charge in [0, 0.05) is 19.2 Å². The van der Waals surface area contributed by atoms with Crippen molar-refractivity contribution in [2.75, 3.05) is 44.3 Å². The molecule has 0 unspecified atom stereocenters. The first-order valence-corrected chi connectivity index (χ1v) is 12.7. The Morgan fingerprint density at radius 2 is 1.78 bits per heavy atom. The maximum Gasteiger partial charge on any atom is 0.278 e. The molecule has 3 heterocycles. The number of halogens is 1. The van der Waals surface area contributed by atoms with Gasteiger partial charge in [-0.1, -0.05) is 24.3 Å². The number of amides is 1. The monoisotopic (exact) mass is 532 g/mol. The van der Waals surface area contributed by atoms with E-state index in [1.54, 1.807) is 37.4 Å². The van der Waals surface area contributed by atoms with Gasteiger partial charge < -0.3 is 21.1 Å². The number of sulfonamides is 1. The van der Waals surface area contributed by atoms with Crippen molar-refractivity contribution in [3.05, 3.63) is 60.4 Å². The van der Waals surface area contributed by atoms with E-state index in [0.29, 0.717) is 55.4 Å². The zero-order valence-corrected chi connectivity index (χ0v) is 21.4. The standard InChI is InChI=1S/C24H28N6O4S.ClH/c1-30-14-4-12-26-13-5-15-34-21-7-3-2-6-19(21)29-24(31)22-23(25)27-16-20(28-22)17-8-10-18(11-9-17)35(30,32)33;/h2-3,6-11,16,26H,4-5,12-15H2,1H3,(H2,25,27)(H,29,31);1H. The van der Waals surface area contributed by atoms with Crippen LogP contribution in [0.4, 0.5) is 11.5 Å². The molecule has 5 rings (SSSR count). The van der Waals surface area contributed by atoms with Crippen molar-refractivity contribution in [2.24, 2.45) is 0 Å². The van der Waals surface area contributed by atoms with Crippen molar-refractivity contribution in [3.8, 4) is 17.0 Å². The third-order valence-corrected chi connectivity index (χ3v) is 7.46. The molecule has 0 radical (unpaired) electrons.